The van der Waals surface area contributed by atoms with Gasteiger partial charge in [0.15, 0.2) is 0 Å². The Morgan fingerprint density at radius 3 is 2.66 bits per heavy atom. The van der Waals surface area contributed by atoms with Gasteiger partial charge in [-0.05, 0) is 54.8 Å². The van der Waals surface area contributed by atoms with Crippen LogP contribution in [0.4, 0.5) is 11.4 Å². The molecule has 2 aliphatic heterocycles. The average molecular weight is 423 g/mol. The van der Waals surface area contributed by atoms with Crippen molar-refractivity contribution in [3.8, 4) is 11.4 Å². The van der Waals surface area contributed by atoms with Crippen molar-refractivity contribution in [2.45, 2.75) is 38.8 Å². The number of nitrogens with zero attached hydrogens (tertiary/aromatic N) is 3. The molecule has 0 saturated heterocycles. The molecule has 0 bridgehead atoms. The molecule has 3 aromatic carbocycles. The molecule has 1 atom stereocenters. The van der Waals surface area contributed by atoms with Gasteiger partial charge in [0.1, 0.15) is 5.82 Å². The van der Waals surface area contributed by atoms with E-state index in [1.807, 2.05) is 41.3 Å². The molecule has 0 aliphatic carbocycles. The minimum atomic E-state index is -1.05. The number of aromatic nitrogens is 2. The van der Waals surface area contributed by atoms with Crippen molar-refractivity contribution < 1.29 is 4.79 Å². The maximum atomic E-state index is 14.4. The van der Waals surface area contributed by atoms with Crippen LogP contribution in [0.15, 0.2) is 66.7 Å². The molecule has 1 amide bonds. The van der Waals surface area contributed by atoms with Crippen LogP contribution in [-0.2, 0) is 16.9 Å². The second-order valence-corrected chi connectivity index (χ2v) is 8.66. The van der Waals surface area contributed by atoms with Gasteiger partial charge in [0.05, 0.1) is 16.7 Å². The summed E-state index contributed by atoms with van der Waals surface area (Å²) < 4.78 is 2.14. The molecule has 5 heteroatoms. The van der Waals surface area contributed by atoms with E-state index in [9.17, 15) is 4.79 Å². The van der Waals surface area contributed by atoms with E-state index in [1.54, 1.807) is 0 Å². The lowest BCUT2D eigenvalue weighted by molar-refractivity contribution is -0.123. The van der Waals surface area contributed by atoms with E-state index < -0.39 is 5.66 Å². The third-order valence-electron chi connectivity index (χ3n) is 6.82. The molecule has 5 nitrogen and oxygen atoms in total. The van der Waals surface area contributed by atoms with Crippen LogP contribution in [0.3, 0.4) is 0 Å². The van der Waals surface area contributed by atoms with Crippen LogP contribution in [0.2, 0.25) is 0 Å². The number of nitrogens with one attached hydrogen (secondary N) is 1. The van der Waals surface area contributed by atoms with Gasteiger partial charge in [0, 0.05) is 23.4 Å². The highest BCUT2D eigenvalue weighted by Gasteiger charge is 2.56. The first-order chi connectivity index (χ1) is 15.7. The minimum absolute atomic E-state index is 0.0631. The monoisotopic (exact) mass is 422 g/mol. The first-order valence-electron chi connectivity index (χ1n) is 11.5. The van der Waals surface area contributed by atoms with E-state index >= 15 is 0 Å². The highest BCUT2D eigenvalue weighted by Crippen LogP contribution is 2.51. The molecule has 3 heterocycles. The standard InChI is InChI=1S/C27H26N4O/c1-3-5-16-30-23-15-14-18(4-2)17-20(23)27(26(30)32)29-21-11-7-6-10-19(21)25-28-22-12-8-9-13-24(22)31(25)27/h6-15,17,29H,3-5,16H2,1-2H3. The molecule has 1 spiro atoms. The maximum absolute atomic E-state index is 14.4. The maximum Gasteiger partial charge on any atom is 0.279 e. The molecule has 32 heavy (non-hydrogen) atoms. The normalized spacial score (nSPS) is 18.6. The number of amides is 1. The summed E-state index contributed by atoms with van der Waals surface area (Å²) in [6.07, 6.45) is 2.92. The summed E-state index contributed by atoms with van der Waals surface area (Å²) in [6.45, 7) is 5.02. The number of rotatable bonds is 4. The Hall–Kier alpha value is -3.60. The van der Waals surface area contributed by atoms with Crippen molar-refractivity contribution in [3.05, 3.63) is 77.9 Å². The summed E-state index contributed by atoms with van der Waals surface area (Å²) in [7, 11) is 0. The Balaban J connectivity index is 1.71. The van der Waals surface area contributed by atoms with Crippen LogP contribution in [0.5, 0.6) is 0 Å². The number of imidazole rings is 1. The van der Waals surface area contributed by atoms with Gasteiger partial charge in [-0.15, -0.1) is 0 Å². The van der Waals surface area contributed by atoms with Gasteiger partial charge in [0.25, 0.3) is 5.91 Å². The first kappa shape index (κ1) is 19.1. The van der Waals surface area contributed by atoms with Crippen molar-refractivity contribution >= 4 is 28.3 Å². The highest BCUT2D eigenvalue weighted by atomic mass is 16.2. The topological polar surface area (TPSA) is 50.2 Å². The molecular weight excluding hydrogens is 396 g/mol. The van der Waals surface area contributed by atoms with Gasteiger partial charge >= 0.3 is 0 Å². The largest absolute Gasteiger partial charge is 0.350 e. The number of carbonyl (C=O) groups is 1. The molecule has 2 aliphatic rings. The third kappa shape index (κ3) is 2.39. The Kier molecular flexibility index (Phi) is 4.15. The number of hydrogen-bond acceptors (Lipinski definition) is 3. The number of aryl methyl sites for hydroxylation is 1. The molecule has 160 valence electrons. The number of unbranched alkanes of at least 4 members (excludes halogenated alkanes) is 1. The van der Waals surface area contributed by atoms with E-state index in [4.69, 9.17) is 4.98 Å². The van der Waals surface area contributed by atoms with Gasteiger partial charge in [-0.3, -0.25) is 9.36 Å². The zero-order valence-electron chi connectivity index (χ0n) is 18.4. The Labute approximate surface area is 187 Å². The van der Waals surface area contributed by atoms with E-state index in [2.05, 4.69) is 54.1 Å². The Bertz CT molecular complexity index is 1370. The summed E-state index contributed by atoms with van der Waals surface area (Å²) in [5.74, 6) is 0.896. The fraction of sp³-hybridized carbons (Fsp3) is 0.259. The second-order valence-electron chi connectivity index (χ2n) is 8.66. The quantitative estimate of drug-likeness (QED) is 0.470. The highest BCUT2D eigenvalue weighted by molar-refractivity contribution is 6.12. The van der Waals surface area contributed by atoms with Gasteiger partial charge in [-0.2, -0.15) is 0 Å². The van der Waals surface area contributed by atoms with Crippen LogP contribution in [0, 0.1) is 0 Å². The number of hydrogen-bond donors (Lipinski definition) is 1. The number of anilines is 2. The van der Waals surface area contributed by atoms with Crippen LogP contribution in [-0.4, -0.2) is 22.0 Å². The smallest absolute Gasteiger partial charge is 0.279 e. The fourth-order valence-corrected chi connectivity index (χ4v) is 5.21. The summed E-state index contributed by atoms with van der Waals surface area (Å²) in [5.41, 5.74) is 5.99. The Morgan fingerprint density at radius 1 is 1.00 bits per heavy atom. The number of carbonyl (C=O) groups excluding carboxylic acids is 1. The summed E-state index contributed by atoms with van der Waals surface area (Å²) in [4.78, 5) is 21.3. The minimum Gasteiger partial charge on any atom is -0.350 e. The number of para-hydroxylation sites is 3. The lowest BCUT2D eigenvalue weighted by Gasteiger charge is -2.38. The molecule has 4 aromatic rings. The molecular formula is C27H26N4O. The SMILES string of the molecule is CCCCN1C(=O)C2(Nc3ccccc3-c3nc4ccccc4n32)c2cc(CC)ccc21. The van der Waals surface area contributed by atoms with Gasteiger partial charge < -0.3 is 10.2 Å². The summed E-state index contributed by atoms with van der Waals surface area (Å²) in [5, 5.41) is 3.70. The lowest BCUT2D eigenvalue weighted by Crippen LogP contribution is -2.53. The fourth-order valence-electron chi connectivity index (χ4n) is 5.21. The summed E-state index contributed by atoms with van der Waals surface area (Å²) >= 11 is 0. The van der Waals surface area contributed by atoms with Crippen LogP contribution >= 0.6 is 0 Å². The van der Waals surface area contributed by atoms with Crippen molar-refractivity contribution in [1.29, 1.82) is 0 Å². The zero-order chi connectivity index (χ0) is 21.9. The second kappa shape index (κ2) is 6.95. The summed E-state index contributed by atoms with van der Waals surface area (Å²) in [6, 6.07) is 22.7. The van der Waals surface area contributed by atoms with Gasteiger partial charge in [0.2, 0.25) is 5.66 Å². The van der Waals surface area contributed by atoms with Crippen molar-refractivity contribution in [2.75, 3.05) is 16.8 Å². The first-order valence-corrected chi connectivity index (χ1v) is 11.5. The molecule has 0 saturated carbocycles. The molecule has 0 fully saturated rings. The predicted octanol–water partition coefficient (Wildman–Crippen LogP) is 5.54. The van der Waals surface area contributed by atoms with E-state index in [-0.39, 0.29) is 5.91 Å². The molecule has 6 rings (SSSR count). The number of fused-ring (bicyclic) bond motifs is 8. The van der Waals surface area contributed by atoms with Crippen LogP contribution < -0.4 is 10.2 Å². The number of benzene rings is 3. The molecule has 1 N–H and O–H groups in total. The van der Waals surface area contributed by atoms with Crippen LogP contribution in [0.1, 0.15) is 37.8 Å². The van der Waals surface area contributed by atoms with E-state index in [1.165, 1.54) is 5.56 Å². The van der Waals surface area contributed by atoms with E-state index in [0.717, 1.165) is 58.6 Å². The van der Waals surface area contributed by atoms with Crippen molar-refractivity contribution in [1.82, 2.24) is 9.55 Å². The van der Waals surface area contributed by atoms with Gasteiger partial charge in [-0.1, -0.05) is 50.6 Å². The lowest BCUT2D eigenvalue weighted by atomic mass is 9.93. The molecule has 1 unspecified atom stereocenters. The van der Waals surface area contributed by atoms with E-state index in [0.29, 0.717) is 6.54 Å². The van der Waals surface area contributed by atoms with Crippen molar-refractivity contribution in [3.63, 3.8) is 0 Å². The van der Waals surface area contributed by atoms with Crippen molar-refractivity contribution in [2.24, 2.45) is 0 Å². The molecule has 1 aromatic heterocycles. The third-order valence-corrected chi connectivity index (χ3v) is 6.82. The van der Waals surface area contributed by atoms with Crippen LogP contribution in [0.25, 0.3) is 22.4 Å². The van der Waals surface area contributed by atoms with Gasteiger partial charge in [-0.25, -0.2) is 4.98 Å². The molecule has 0 radical (unpaired) electrons. The average Bonchev–Trinajstić information content (AvgIpc) is 3.33. The predicted molar refractivity (Wildman–Crippen MR) is 129 cm³/mol. The zero-order valence-corrected chi connectivity index (χ0v) is 18.4. The Morgan fingerprint density at radius 2 is 1.81 bits per heavy atom.